The molecule has 0 radical (unpaired) electrons. The molecule has 0 aromatic carbocycles. The van der Waals surface area contributed by atoms with Gasteiger partial charge in [0.25, 0.3) is 0 Å². The Labute approximate surface area is 168 Å². The van der Waals surface area contributed by atoms with Crippen molar-refractivity contribution >= 4 is 42.4 Å². The third kappa shape index (κ3) is 8.69. The van der Waals surface area contributed by atoms with E-state index in [4.69, 9.17) is 5.73 Å². The topological polar surface area (TPSA) is 100 Å². The first-order valence-electron chi connectivity index (χ1n) is 8.38. The van der Waals surface area contributed by atoms with Crippen molar-refractivity contribution < 1.29 is 9.59 Å². The van der Waals surface area contributed by atoms with Crippen LogP contribution in [0.5, 0.6) is 0 Å². The van der Waals surface area contributed by atoms with Gasteiger partial charge in [-0.25, -0.2) is 4.98 Å². The first kappa shape index (κ1) is 26.7. The quantitative estimate of drug-likeness (QED) is 0.575. The van der Waals surface area contributed by atoms with Crippen LogP contribution in [0.4, 0.5) is 5.82 Å². The summed E-state index contributed by atoms with van der Waals surface area (Å²) in [6.45, 7) is 9.98. The van der Waals surface area contributed by atoms with Crippen LogP contribution in [0.15, 0.2) is 18.3 Å². The summed E-state index contributed by atoms with van der Waals surface area (Å²) in [6.07, 6.45) is 1.75. The monoisotopic (exact) mass is 407 g/mol. The number of pyridine rings is 1. The van der Waals surface area contributed by atoms with Gasteiger partial charge in [-0.1, -0.05) is 19.9 Å². The summed E-state index contributed by atoms with van der Waals surface area (Å²) in [4.78, 5) is 30.0. The van der Waals surface area contributed by atoms with Crippen molar-refractivity contribution in [3.8, 4) is 0 Å². The zero-order valence-corrected chi connectivity index (χ0v) is 17.5. The maximum atomic E-state index is 11.8. The number of amides is 2. The smallest absolute Gasteiger partial charge is 0.239 e. The third-order valence-electron chi connectivity index (χ3n) is 3.83. The standard InChI is InChI=1S/C17H29N5O2.2ClH/c1-5-22(6-2)14-8-7-13(9-19-14)10-20-15(23)11-21-17(24)16(18)12(3)4;;/h7-9,12,16H,5-6,10-11,18H2,1-4H3,(H,20,23)(H,21,24);2*1H/t16-;;/m0../s1. The second-order valence-electron chi connectivity index (χ2n) is 5.96. The van der Waals surface area contributed by atoms with E-state index in [-0.39, 0.29) is 49.1 Å². The maximum Gasteiger partial charge on any atom is 0.239 e. The fourth-order valence-corrected chi connectivity index (χ4v) is 2.11. The molecule has 0 spiro atoms. The highest BCUT2D eigenvalue weighted by molar-refractivity contribution is 5.87. The van der Waals surface area contributed by atoms with Crippen molar-refractivity contribution in [1.29, 1.82) is 0 Å². The van der Waals surface area contributed by atoms with E-state index in [1.807, 2.05) is 26.0 Å². The number of nitrogens with one attached hydrogen (secondary N) is 2. The second kappa shape index (κ2) is 13.6. The number of nitrogens with zero attached hydrogens (tertiary/aromatic N) is 2. The van der Waals surface area contributed by atoms with Crippen LogP contribution in [0.3, 0.4) is 0 Å². The number of hydrogen-bond donors (Lipinski definition) is 3. The summed E-state index contributed by atoms with van der Waals surface area (Å²) in [5.41, 5.74) is 6.62. The SMILES string of the molecule is CCN(CC)c1ccc(CNC(=O)CNC(=O)[C@@H](N)C(C)C)cn1.Cl.Cl. The molecule has 9 heteroatoms. The molecule has 0 bridgehead atoms. The molecular weight excluding hydrogens is 377 g/mol. The molecule has 1 aromatic heterocycles. The Morgan fingerprint density at radius 1 is 1.15 bits per heavy atom. The lowest BCUT2D eigenvalue weighted by Gasteiger charge is -2.19. The van der Waals surface area contributed by atoms with Crippen LogP contribution in [-0.2, 0) is 16.1 Å². The summed E-state index contributed by atoms with van der Waals surface area (Å²) in [7, 11) is 0. The minimum absolute atomic E-state index is 0. The predicted molar refractivity (Wildman–Crippen MR) is 110 cm³/mol. The zero-order chi connectivity index (χ0) is 18.1. The second-order valence-corrected chi connectivity index (χ2v) is 5.96. The molecule has 1 rings (SSSR count). The van der Waals surface area contributed by atoms with Crippen molar-refractivity contribution in [1.82, 2.24) is 15.6 Å². The fourth-order valence-electron chi connectivity index (χ4n) is 2.11. The number of hydrogen-bond acceptors (Lipinski definition) is 5. The number of anilines is 1. The number of carbonyl (C=O) groups excluding carboxylic acids is 2. The Balaban J connectivity index is 0. The zero-order valence-electron chi connectivity index (χ0n) is 15.8. The molecule has 0 fully saturated rings. The van der Waals surface area contributed by atoms with Crippen LogP contribution < -0.4 is 21.3 Å². The van der Waals surface area contributed by atoms with E-state index >= 15 is 0 Å². The third-order valence-corrected chi connectivity index (χ3v) is 3.83. The molecule has 0 unspecified atom stereocenters. The molecule has 1 heterocycles. The number of rotatable bonds is 9. The molecule has 0 aliphatic heterocycles. The largest absolute Gasteiger partial charge is 0.357 e. The molecule has 1 aromatic rings. The van der Waals surface area contributed by atoms with Gasteiger partial charge in [-0.05, 0) is 31.4 Å². The van der Waals surface area contributed by atoms with E-state index in [1.54, 1.807) is 6.20 Å². The van der Waals surface area contributed by atoms with Gasteiger partial charge in [-0.3, -0.25) is 9.59 Å². The van der Waals surface area contributed by atoms with E-state index in [2.05, 4.69) is 34.4 Å². The summed E-state index contributed by atoms with van der Waals surface area (Å²) in [6, 6.07) is 3.28. The summed E-state index contributed by atoms with van der Waals surface area (Å²) >= 11 is 0. The Hall–Kier alpha value is -1.57. The molecule has 0 aliphatic carbocycles. The molecular formula is C17H31Cl2N5O2. The molecule has 0 saturated heterocycles. The van der Waals surface area contributed by atoms with Gasteiger partial charge in [-0.15, -0.1) is 24.8 Å². The fraction of sp³-hybridized carbons (Fsp3) is 0.588. The van der Waals surface area contributed by atoms with Gasteiger partial charge in [-0.2, -0.15) is 0 Å². The van der Waals surface area contributed by atoms with Crippen molar-refractivity contribution in [3.05, 3.63) is 23.9 Å². The first-order valence-corrected chi connectivity index (χ1v) is 8.38. The van der Waals surface area contributed by atoms with Gasteiger partial charge in [0.15, 0.2) is 0 Å². The Morgan fingerprint density at radius 3 is 2.23 bits per heavy atom. The van der Waals surface area contributed by atoms with E-state index in [9.17, 15) is 9.59 Å². The molecule has 150 valence electrons. The number of carbonyl (C=O) groups is 2. The van der Waals surface area contributed by atoms with Crippen LogP contribution in [0, 0.1) is 5.92 Å². The highest BCUT2D eigenvalue weighted by Crippen LogP contribution is 2.10. The lowest BCUT2D eigenvalue weighted by Crippen LogP contribution is -2.47. The Morgan fingerprint density at radius 2 is 1.77 bits per heavy atom. The molecule has 4 N–H and O–H groups in total. The van der Waals surface area contributed by atoms with Crippen LogP contribution in [0.25, 0.3) is 0 Å². The highest BCUT2D eigenvalue weighted by atomic mass is 35.5. The molecule has 26 heavy (non-hydrogen) atoms. The Bertz CT molecular complexity index is 536. The van der Waals surface area contributed by atoms with Crippen LogP contribution in [0.1, 0.15) is 33.3 Å². The lowest BCUT2D eigenvalue weighted by molar-refractivity contribution is -0.127. The van der Waals surface area contributed by atoms with Crippen molar-refractivity contribution in [2.45, 2.75) is 40.3 Å². The van der Waals surface area contributed by atoms with Gasteiger partial charge in [0.2, 0.25) is 11.8 Å². The summed E-state index contributed by atoms with van der Waals surface area (Å²) in [5.74, 6) is 0.381. The van der Waals surface area contributed by atoms with Crippen molar-refractivity contribution in [2.24, 2.45) is 11.7 Å². The lowest BCUT2D eigenvalue weighted by atomic mass is 10.1. The minimum atomic E-state index is -0.602. The Kier molecular flexibility index (Phi) is 14.0. The number of halogens is 2. The predicted octanol–water partition coefficient (Wildman–Crippen LogP) is 1.49. The van der Waals surface area contributed by atoms with Crippen LogP contribution in [0.2, 0.25) is 0 Å². The minimum Gasteiger partial charge on any atom is -0.357 e. The average Bonchev–Trinajstić information content (AvgIpc) is 2.59. The maximum absolute atomic E-state index is 11.8. The van der Waals surface area contributed by atoms with Crippen molar-refractivity contribution in [2.75, 3.05) is 24.5 Å². The summed E-state index contributed by atoms with van der Waals surface area (Å²) in [5, 5.41) is 5.29. The van der Waals surface area contributed by atoms with E-state index in [0.29, 0.717) is 6.54 Å². The van der Waals surface area contributed by atoms with E-state index < -0.39 is 6.04 Å². The van der Waals surface area contributed by atoms with Gasteiger partial charge in [0, 0.05) is 25.8 Å². The van der Waals surface area contributed by atoms with Gasteiger partial charge in [0.1, 0.15) is 5.82 Å². The van der Waals surface area contributed by atoms with Crippen molar-refractivity contribution in [3.63, 3.8) is 0 Å². The van der Waals surface area contributed by atoms with Crippen LogP contribution in [-0.4, -0.2) is 42.5 Å². The van der Waals surface area contributed by atoms with Gasteiger partial charge < -0.3 is 21.3 Å². The number of aromatic nitrogens is 1. The van der Waals surface area contributed by atoms with Crippen LogP contribution >= 0.6 is 24.8 Å². The van der Waals surface area contributed by atoms with E-state index in [1.165, 1.54) is 0 Å². The molecule has 7 nitrogen and oxygen atoms in total. The average molecular weight is 408 g/mol. The molecule has 2 amide bonds. The highest BCUT2D eigenvalue weighted by Gasteiger charge is 2.17. The molecule has 0 saturated carbocycles. The molecule has 1 atom stereocenters. The van der Waals surface area contributed by atoms with Gasteiger partial charge >= 0.3 is 0 Å². The van der Waals surface area contributed by atoms with E-state index in [0.717, 1.165) is 24.5 Å². The first-order chi connectivity index (χ1) is 11.4. The molecule has 0 aliphatic rings. The normalized spacial score (nSPS) is 11.0. The summed E-state index contributed by atoms with van der Waals surface area (Å²) < 4.78 is 0. The number of nitrogens with two attached hydrogens (primary N) is 1. The van der Waals surface area contributed by atoms with Gasteiger partial charge in [0.05, 0.1) is 12.6 Å².